The Morgan fingerprint density at radius 3 is 0.429 bits per heavy atom. The molecule has 0 amide bonds. The third kappa shape index (κ3) is 71.7. The molecule has 0 fully saturated rings. The molecule has 0 unspecified atom stereocenters. The second kappa shape index (κ2) is 97.5. The van der Waals surface area contributed by atoms with Crippen molar-refractivity contribution in [2.45, 2.75) is 0 Å². The zero-order chi connectivity index (χ0) is 0. The van der Waals surface area contributed by atoms with E-state index in [1.54, 1.807) is 0 Å². The van der Waals surface area contributed by atoms with Crippen molar-refractivity contribution in [1.29, 1.82) is 0 Å². The molecule has 0 spiro atoms. The van der Waals surface area contributed by atoms with E-state index in [1.807, 2.05) is 0 Å². The molecule has 0 aromatic heterocycles. The summed E-state index contributed by atoms with van der Waals surface area (Å²) in [5, 5.41) is 0. The van der Waals surface area contributed by atoms with Gasteiger partial charge in [-0.25, -0.2) is 0 Å². The molecule has 0 saturated heterocycles. The van der Waals surface area contributed by atoms with E-state index in [0.717, 1.165) is 0 Å². The predicted octanol–water partition coefficient (Wildman–Crippen LogP) is 0.740. The van der Waals surface area contributed by atoms with Gasteiger partial charge in [0, 0.05) is 21.1 Å². The first-order valence-electron chi connectivity index (χ1n) is 0. The Morgan fingerprint density at radius 1 is 0.429 bits per heavy atom. The Kier molecular flexibility index (Phi) is 2000. The Bertz CT molecular complexity index is 9.65. The van der Waals surface area contributed by atoms with Crippen LogP contribution in [0.3, 0.4) is 0 Å². The molecule has 0 saturated carbocycles. The van der Waals surface area contributed by atoms with Crippen LogP contribution in [-0.2, 0) is 75.0 Å². The zero-order valence-electron chi connectivity index (χ0n) is 4.04. The summed E-state index contributed by atoms with van der Waals surface area (Å²) in [6.45, 7) is 0. The molecule has 2 nitrogen and oxygen atoms in total. The number of quaternary nitrogens is 2. The molecule has 0 aliphatic carbocycles. The molecule has 0 aliphatic rings. The first-order chi connectivity index (χ1) is 0. The van der Waals surface area contributed by atoms with E-state index >= 15 is 0 Å². The Morgan fingerprint density at radius 2 is 0.429 bits per heavy atom. The average Bonchev–Trinajstić information content (AvgIpc) is 0. The fourth-order valence-electron chi connectivity index (χ4n) is 0. The summed E-state index contributed by atoms with van der Waals surface area (Å²) in [5.41, 5.74) is 0. The average molecular weight is 348 g/mol. The van der Waals surface area contributed by atoms with E-state index in [2.05, 4.69) is 0 Å². The zero-order valence-corrected chi connectivity index (χ0v) is 10.2. The second-order valence-corrected chi connectivity index (χ2v) is 0. The largest absolute Gasteiger partial charge is 2.00 e. The SMILES string of the molecule is [NH4+].[NH4+].[S-2].[S-2].[S-2].[S-2].[W]. The van der Waals surface area contributed by atoms with E-state index in [-0.39, 0.29) is 87.3 Å². The van der Waals surface area contributed by atoms with Crippen LogP contribution in [0.4, 0.5) is 0 Å². The van der Waals surface area contributed by atoms with Crippen LogP contribution in [0.1, 0.15) is 0 Å². The first kappa shape index (κ1) is 143. The normalized spacial score (nSPS) is 0. The van der Waals surface area contributed by atoms with Gasteiger partial charge in [-0.05, 0) is 0 Å². The number of hydrogen-bond acceptors (Lipinski definition) is 0. The predicted molar refractivity (Wildman–Crippen MR) is 41.4 cm³/mol. The molecule has 0 bridgehead atoms. The molecule has 0 rings (SSSR count). The van der Waals surface area contributed by atoms with E-state index in [9.17, 15) is 0 Å². The van der Waals surface area contributed by atoms with Crippen molar-refractivity contribution >= 4 is 54.0 Å². The minimum absolute atomic E-state index is 0. The first-order valence-corrected chi connectivity index (χ1v) is 0. The summed E-state index contributed by atoms with van der Waals surface area (Å²) >= 11 is 0. The van der Waals surface area contributed by atoms with E-state index in [4.69, 9.17) is 0 Å². The van der Waals surface area contributed by atoms with Gasteiger partial charge in [0.05, 0.1) is 0 Å². The topological polar surface area (TPSA) is 73.0 Å². The maximum Gasteiger partial charge on any atom is 0 e. The minimum Gasteiger partial charge on any atom is -2.00 e. The molecule has 8 N–H and O–H groups in total. The smallest absolute Gasteiger partial charge is 0 e. The molecule has 0 aromatic carbocycles. The molecular weight excluding hydrogens is 340 g/mol. The van der Waals surface area contributed by atoms with Crippen molar-refractivity contribution in [3.8, 4) is 0 Å². The van der Waals surface area contributed by atoms with E-state index < -0.39 is 0 Å². The van der Waals surface area contributed by atoms with Gasteiger partial charge in [-0.15, -0.1) is 0 Å². The van der Waals surface area contributed by atoms with Crippen LogP contribution in [0.25, 0.3) is 0 Å². The quantitative estimate of drug-likeness (QED) is 0.648. The van der Waals surface area contributed by atoms with Crippen molar-refractivity contribution in [2.24, 2.45) is 0 Å². The number of hydrogen-bond donors (Lipinski definition) is 2. The van der Waals surface area contributed by atoms with Crippen molar-refractivity contribution in [3.05, 3.63) is 0 Å². The number of rotatable bonds is 0. The summed E-state index contributed by atoms with van der Waals surface area (Å²) in [4.78, 5) is 0. The van der Waals surface area contributed by atoms with Crippen molar-refractivity contribution in [3.63, 3.8) is 0 Å². The summed E-state index contributed by atoms with van der Waals surface area (Å²) < 4.78 is 0. The molecule has 0 radical (unpaired) electrons. The standard InChI is InChI=1S/2H3N.4S.W/h2*1H3;;;;;/q;;4*-2;/p+2. The fourth-order valence-corrected chi connectivity index (χ4v) is 0. The molecule has 54 valence electrons. The van der Waals surface area contributed by atoms with Gasteiger partial charge >= 0.3 is 0 Å². The van der Waals surface area contributed by atoms with Crippen LogP contribution in [0.15, 0.2) is 0 Å². The molecule has 0 atom stereocenters. The Hall–Kier alpha value is 2.01. The third-order valence-corrected chi connectivity index (χ3v) is 0. The Balaban J connectivity index is 0. The molecule has 7 heteroatoms. The van der Waals surface area contributed by atoms with Gasteiger partial charge in [-0.1, -0.05) is 0 Å². The molecule has 0 heterocycles. The second-order valence-electron chi connectivity index (χ2n) is 0. The Labute approximate surface area is 86.8 Å². The maximum atomic E-state index is 0. The van der Waals surface area contributed by atoms with Gasteiger partial charge in [-0.2, -0.15) is 0 Å². The van der Waals surface area contributed by atoms with Crippen molar-refractivity contribution < 1.29 is 21.1 Å². The van der Waals surface area contributed by atoms with Gasteiger partial charge < -0.3 is 66.3 Å². The van der Waals surface area contributed by atoms with Crippen LogP contribution in [0.5, 0.6) is 0 Å². The van der Waals surface area contributed by atoms with Crippen molar-refractivity contribution in [1.82, 2.24) is 12.3 Å². The molecule has 7 heavy (non-hydrogen) atoms. The fraction of sp³-hybridized carbons (Fsp3) is 0. The summed E-state index contributed by atoms with van der Waals surface area (Å²) in [6, 6.07) is 0. The minimum atomic E-state index is 0. The van der Waals surface area contributed by atoms with E-state index in [0.29, 0.717) is 0 Å². The summed E-state index contributed by atoms with van der Waals surface area (Å²) in [5.74, 6) is 0. The van der Waals surface area contributed by atoms with Crippen LogP contribution in [0.2, 0.25) is 0 Å². The van der Waals surface area contributed by atoms with Gasteiger partial charge in [0.1, 0.15) is 0 Å². The monoisotopic (exact) mass is 348 g/mol. The third-order valence-electron chi connectivity index (χ3n) is 0. The van der Waals surface area contributed by atoms with Crippen molar-refractivity contribution in [2.75, 3.05) is 0 Å². The molecule has 0 aromatic rings. The van der Waals surface area contributed by atoms with Crippen LogP contribution < -0.4 is 12.3 Å². The van der Waals surface area contributed by atoms with Gasteiger partial charge in [0.2, 0.25) is 0 Å². The summed E-state index contributed by atoms with van der Waals surface area (Å²) in [7, 11) is 0. The van der Waals surface area contributed by atoms with E-state index in [1.165, 1.54) is 0 Å². The van der Waals surface area contributed by atoms with Crippen LogP contribution in [0, 0.1) is 0 Å². The maximum absolute atomic E-state index is 0. The van der Waals surface area contributed by atoms with Crippen LogP contribution in [-0.4, -0.2) is 0 Å². The van der Waals surface area contributed by atoms with Gasteiger partial charge in [0.25, 0.3) is 0 Å². The summed E-state index contributed by atoms with van der Waals surface area (Å²) in [6.07, 6.45) is 0. The van der Waals surface area contributed by atoms with Gasteiger partial charge in [-0.3, -0.25) is 0 Å². The molecular formula is H8N2S4W-6. The van der Waals surface area contributed by atoms with Gasteiger partial charge in [0.15, 0.2) is 0 Å². The van der Waals surface area contributed by atoms with Crippen LogP contribution >= 0.6 is 0 Å². The molecule has 0 aliphatic heterocycles.